The van der Waals surface area contributed by atoms with E-state index in [9.17, 15) is 14.4 Å². The lowest BCUT2D eigenvalue weighted by atomic mass is 10.0. The van der Waals surface area contributed by atoms with Gasteiger partial charge in [-0.05, 0) is 76.5 Å². The number of carbonyl (C=O) groups is 3. The van der Waals surface area contributed by atoms with Crippen molar-refractivity contribution in [2.45, 2.75) is 19.0 Å². The molecule has 0 unspecified atom stereocenters. The number of aromatic nitrogens is 6. The van der Waals surface area contributed by atoms with Gasteiger partial charge >= 0.3 is 6.09 Å². The highest BCUT2D eigenvalue weighted by atomic mass is 35.5. The average Bonchev–Trinajstić information content (AvgIpc) is 3.76. The molecule has 1 aliphatic rings. The zero-order chi connectivity index (χ0) is 31.3. The lowest BCUT2D eigenvalue weighted by Gasteiger charge is -2.16. The normalized spacial score (nSPS) is 14.4. The lowest BCUT2D eigenvalue weighted by Crippen LogP contribution is -2.29. The van der Waals surface area contributed by atoms with Gasteiger partial charge in [-0.3, -0.25) is 14.9 Å². The van der Waals surface area contributed by atoms with Crippen molar-refractivity contribution in [1.82, 2.24) is 40.8 Å². The highest BCUT2D eigenvalue weighted by Crippen LogP contribution is 2.28. The Hall–Kier alpha value is -5.82. The van der Waals surface area contributed by atoms with E-state index in [1.54, 1.807) is 60.8 Å². The number of halogens is 1. The number of fused-ring (bicyclic) bond motifs is 6. The van der Waals surface area contributed by atoms with E-state index >= 15 is 0 Å². The van der Waals surface area contributed by atoms with E-state index < -0.39 is 12.1 Å². The third-order valence-corrected chi connectivity index (χ3v) is 7.37. The molecular weight excluding hydrogens is 598 g/mol. The minimum atomic E-state index is -0.612. The second-order valence-corrected chi connectivity index (χ2v) is 10.5. The van der Waals surface area contributed by atoms with E-state index in [-0.39, 0.29) is 18.4 Å². The maximum absolute atomic E-state index is 13.3. The number of nitrogens with zero attached hydrogens (tertiary/aromatic N) is 5. The number of hydrogen-bond donors (Lipinski definition) is 4. The topological polar surface area (TPSA) is 169 Å². The molecule has 45 heavy (non-hydrogen) atoms. The molecule has 1 atom stereocenters. The number of tetrazole rings is 1. The molecule has 3 amide bonds. The first-order valence-electron chi connectivity index (χ1n) is 13.8. The Kier molecular flexibility index (Phi) is 8.33. The molecule has 3 heterocycles. The van der Waals surface area contributed by atoms with Crippen LogP contribution in [0.5, 0.6) is 0 Å². The summed E-state index contributed by atoms with van der Waals surface area (Å²) in [5.41, 5.74) is 5.24. The number of imidazole rings is 1. The number of amides is 3. The Labute approximate surface area is 261 Å². The van der Waals surface area contributed by atoms with Gasteiger partial charge in [0, 0.05) is 40.0 Å². The standard InChI is InChI=1S/C31H26ClN9O4/c1-45-31(44)36-23-7-8-24-21(14-23)15-34-30(43)20-4-2-3-18(11-20)12-25(29-33-16-26(24)38-29)37-28(42)10-5-19-13-22(32)6-9-27(19)41-17-35-39-40-41/h2-11,13-14,16-17,25H,12,15H2,1H3,(H,33,38)(H,34,43)(H,36,44)(H,37,42)/b10-5+/t25-/m0/s1. The summed E-state index contributed by atoms with van der Waals surface area (Å²) in [4.78, 5) is 46.2. The molecule has 13 nitrogen and oxygen atoms in total. The predicted octanol–water partition coefficient (Wildman–Crippen LogP) is 4.24. The third kappa shape index (κ3) is 6.73. The van der Waals surface area contributed by atoms with Crippen LogP contribution in [0.4, 0.5) is 10.5 Å². The minimum absolute atomic E-state index is 0.185. The number of anilines is 1. The molecule has 4 bridgehead atoms. The van der Waals surface area contributed by atoms with Gasteiger partial charge in [-0.25, -0.2) is 9.78 Å². The zero-order valence-corrected chi connectivity index (χ0v) is 24.6. The van der Waals surface area contributed by atoms with Gasteiger partial charge in [-0.2, -0.15) is 4.68 Å². The van der Waals surface area contributed by atoms with Gasteiger partial charge in [0.1, 0.15) is 12.2 Å². The molecule has 0 radical (unpaired) electrons. The van der Waals surface area contributed by atoms with Crippen molar-refractivity contribution in [3.63, 3.8) is 0 Å². The summed E-state index contributed by atoms with van der Waals surface area (Å²) in [6, 6.07) is 17.1. The van der Waals surface area contributed by atoms with Crippen molar-refractivity contribution in [2.75, 3.05) is 12.4 Å². The van der Waals surface area contributed by atoms with E-state index in [2.05, 4.69) is 41.4 Å². The van der Waals surface area contributed by atoms with Crippen molar-refractivity contribution < 1.29 is 19.1 Å². The van der Waals surface area contributed by atoms with Crippen LogP contribution in [-0.2, 0) is 22.5 Å². The average molecular weight is 624 g/mol. The number of carbonyl (C=O) groups excluding carboxylic acids is 3. The molecule has 2 aromatic heterocycles. The van der Waals surface area contributed by atoms with Gasteiger partial charge in [-0.1, -0.05) is 29.8 Å². The van der Waals surface area contributed by atoms with E-state index in [1.165, 1.54) is 24.2 Å². The molecule has 0 fully saturated rings. The van der Waals surface area contributed by atoms with Crippen LogP contribution in [0.1, 0.15) is 38.9 Å². The van der Waals surface area contributed by atoms with Gasteiger partial charge in [0.2, 0.25) is 5.91 Å². The molecule has 14 heteroatoms. The number of benzene rings is 3. The number of aromatic amines is 1. The molecule has 0 saturated heterocycles. The first-order valence-corrected chi connectivity index (χ1v) is 14.2. The van der Waals surface area contributed by atoms with Crippen LogP contribution in [0.25, 0.3) is 23.0 Å². The zero-order valence-electron chi connectivity index (χ0n) is 23.8. The minimum Gasteiger partial charge on any atom is -0.453 e. The Morgan fingerprint density at radius 2 is 2.02 bits per heavy atom. The molecule has 4 N–H and O–H groups in total. The Balaban J connectivity index is 1.33. The lowest BCUT2D eigenvalue weighted by molar-refractivity contribution is -0.117. The molecule has 0 saturated carbocycles. The fraction of sp³-hybridized carbons (Fsp3) is 0.129. The number of ether oxygens (including phenoxy) is 1. The quantitative estimate of drug-likeness (QED) is 0.211. The largest absolute Gasteiger partial charge is 0.453 e. The van der Waals surface area contributed by atoms with Crippen molar-refractivity contribution in [3.05, 3.63) is 112 Å². The summed E-state index contributed by atoms with van der Waals surface area (Å²) < 4.78 is 6.19. The van der Waals surface area contributed by atoms with Gasteiger partial charge in [0.15, 0.2) is 0 Å². The smallest absolute Gasteiger partial charge is 0.411 e. The van der Waals surface area contributed by atoms with Crippen LogP contribution < -0.4 is 16.0 Å². The first-order chi connectivity index (χ1) is 21.9. The second kappa shape index (κ2) is 12.8. The van der Waals surface area contributed by atoms with Crippen molar-refractivity contribution in [1.29, 1.82) is 0 Å². The summed E-state index contributed by atoms with van der Waals surface area (Å²) in [7, 11) is 1.28. The highest BCUT2D eigenvalue weighted by Gasteiger charge is 2.21. The molecule has 5 aromatic rings. The Morgan fingerprint density at radius 3 is 2.84 bits per heavy atom. The van der Waals surface area contributed by atoms with Crippen molar-refractivity contribution in [2.24, 2.45) is 0 Å². The van der Waals surface area contributed by atoms with E-state index in [0.29, 0.717) is 45.5 Å². The summed E-state index contributed by atoms with van der Waals surface area (Å²) in [5, 5.41) is 20.4. The summed E-state index contributed by atoms with van der Waals surface area (Å²) >= 11 is 6.23. The van der Waals surface area contributed by atoms with Crippen LogP contribution in [-0.4, -0.2) is 55.2 Å². The molecule has 226 valence electrons. The molecule has 6 rings (SSSR count). The first kappa shape index (κ1) is 29.3. The van der Waals surface area contributed by atoms with Gasteiger partial charge in [0.25, 0.3) is 5.91 Å². The number of nitrogens with one attached hydrogen (secondary N) is 4. The maximum Gasteiger partial charge on any atom is 0.411 e. The molecule has 0 aliphatic carbocycles. The molecular formula is C31H26ClN9O4. The third-order valence-electron chi connectivity index (χ3n) is 7.14. The number of H-pyrrole nitrogens is 1. The summed E-state index contributed by atoms with van der Waals surface area (Å²) in [5.74, 6) is -0.116. The van der Waals surface area contributed by atoms with Crippen molar-refractivity contribution in [3.8, 4) is 16.9 Å². The van der Waals surface area contributed by atoms with E-state index in [4.69, 9.17) is 16.3 Å². The monoisotopic (exact) mass is 623 g/mol. The summed E-state index contributed by atoms with van der Waals surface area (Å²) in [6.07, 6.45) is 5.90. The highest BCUT2D eigenvalue weighted by molar-refractivity contribution is 6.30. The van der Waals surface area contributed by atoms with Gasteiger partial charge < -0.3 is 20.4 Å². The van der Waals surface area contributed by atoms with Crippen LogP contribution in [0, 0.1) is 0 Å². The van der Waals surface area contributed by atoms with Crippen LogP contribution >= 0.6 is 11.6 Å². The van der Waals surface area contributed by atoms with E-state index in [1.807, 2.05) is 12.1 Å². The number of hydrogen-bond acceptors (Lipinski definition) is 8. The SMILES string of the molecule is COC(=O)Nc1ccc2c(c1)CNC(=O)c1cccc(c1)C[C@H](NC(=O)/C=C/c1cc(Cl)ccc1-n1cnnn1)c1ncc-2[nH]1. The fourth-order valence-corrected chi connectivity index (χ4v) is 5.17. The molecule has 1 aliphatic heterocycles. The second-order valence-electron chi connectivity index (χ2n) is 10.1. The van der Waals surface area contributed by atoms with Gasteiger partial charge in [0.05, 0.1) is 30.7 Å². The van der Waals surface area contributed by atoms with Crippen LogP contribution in [0.15, 0.2) is 79.3 Å². The molecule has 3 aromatic carbocycles. The van der Waals surface area contributed by atoms with Crippen LogP contribution in [0.3, 0.4) is 0 Å². The number of rotatable bonds is 5. The molecule has 0 spiro atoms. The summed E-state index contributed by atoms with van der Waals surface area (Å²) in [6.45, 7) is 0.185. The fourth-order valence-electron chi connectivity index (χ4n) is 4.99. The van der Waals surface area contributed by atoms with E-state index in [0.717, 1.165) is 16.7 Å². The van der Waals surface area contributed by atoms with Crippen molar-refractivity contribution >= 4 is 41.3 Å². The van der Waals surface area contributed by atoms with Gasteiger partial charge in [-0.15, -0.1) is 5.10 Å². The Bertz CT molecular complexity index is 1920. The maximum atomic E-state index is 13.3. The Morgan fingerprint density at radius 1 is 1.13 bits per heavy atom. The predicted molar refractivity (Wildman–Crippen MR) is 165 cm³/mol. The van der Waals surface area contributed by atoms with Crippen LogP contribution in [0.2, 0.25) is 5.02 Å². The number of methoxy groups -OCH3 is 1.